The summed E-state index contributed by atoms with van der Waals surface area (Å²) in [7, 11) is -3.29. The molecule has 0 saturated heterocycles. The summed E-state index contributed by atoms with van der Waals surface area (Å²) in [5.74, 6) is 7.11. The minimum Gasteiger partial charge on any atom is -0.381 e. The third-order valence-corrected chi connectivity index (χ3v) is 7.07. The number of sulfone groups is 1. The molecular weight excluding hydrogens is 358 g/mol. The van der Waals surface area contributed by atoms with E-state index in [9.17, 15) is 8.42 Å². The van der Waals surface area contributed by atoms with Crippen LogP contribution in [0.4, 0.5) is 5.82 Å². The van der Waals surface area contributed by atoms with Crippen molar-refractivity contribution in [1.82, 2.24) is 9.97 Å². The zero-order valence-electron chi connectivity index (χ0n) is 15.8. The summed E-state index contributed by atoms with van der Waals surface area (Å²) >= 11 is 0. The first-order chi connectivity index (χ1) is 12.9. The number of nitrogen functional groups attached to an aromatic ring is 1. The van der Waals surface area contributed by atoms with Crippen LogP contribution in [-0.2, 0) is 9.84 Å². The van der Waals surface area contributed by atoms with Gasteiger partial charge in [-0.2, -0.15) is 0 Å². The molecule has 27 heavy (non-hydrogen) atoms. The Balaban J connectivity index is 1.86. The fourth-order valence-electron chi connectivity index (χ4n) is 3.13. The Morgan fingerprint density at radius 3 is 2.41 bits per heavy atom. The van der Waals surface area contributed by atoms with Crippen molar-refractivity contribution in [3.05, 3.63) is 36.2 Å². The first kappa shape index (κ1) is 19.4. The molecule has 5 nitrogen and oxygen atoms in total. The molecule has 0 radical (unpaired) electrons. The quantitative estimate of drug-likeness (QED) is 0.814. The maximum Gasteiger partial charge on any atom is 0.180 e. The lowest BCUT2D eigenvalue weighted by Gasteiger charge is -2.15. The highest BCUT2D eigenvalue weighted by Gasteiger charge is 2.19. The maximum atomic E-state index is 12.3. The van der Waals surface area contributed by atoms with E-state index in [0.717, 1.165) is 18.4 Å². The fraction of sp³-hybridized carbons (Fsp3) is 0.429. The summed E-state index contributed by atoms with van der Waals surface area (Å²) in [6.45, 7) is 3.35. The Morgan fingerprint density at radius 1 is 1.11 bits per heavy atom. The number of hydrogen-bond donors (Lipinski definition) is 1. The Labute approximate surface area is 161 Å². The van der Waals surface area contributed by atoms with Crippen molar-refractivity contribution in [3.8, 4) is 23.1 Å². The number of anilines is 1. The van der Waals surface area contributed by atoms with Gasteiger partial charge >= 0.3 is 0 Å². The number of rotatable bonds is 3. The largest absolute Gasteiger partial charge is 0.381 e. The molecule has 1 aliphatic rings. The van der Waals surface area contributed by atoms with Gasteiger partial charge in [-0.15, -0.1) is 0 Å². The number of benzene rings is 1. The molecule has 1 aromatic carbocycles. The normalized spacial score (nSPS) is 15.4. The van der Waals surface area contributed by atoms with Gasteiger partial charge in [0.1, 0.15) is 0 Å². The van der Waals surface area contributed by atoms with Crippen molar-refractivity contribution >= 4 is 15.7 Å². The van der Waals surface area contributed by atoms with Crippen molar-refractivity contribution in [2.45, 2.75) is 56.1 Å². The van der Waals surface area contributed by atoms with Gasteiger partial charge < -0.3 is 5.73 Å². The van der Waals surface area contributed by atoms with Gasteiger partial charge in [0.2, 0.25) is 0 Å². The molecule has 1 aromatic heterocycles. The summed E-state index contributed by atoms with van der Waals surface area (Å²) in [6, 6.07) is 6.70. The molecule has 0 spiro atoms. The molecule has 2 aromatic rings. The molecule has 142 valence electrons. The highest BCUT2D eigenvalue weighted by molar-refractivity contribution is 7.92. The Bertz CT molecular complexity index is 965. The molecule has 0 atom stereocenters. The number of nitrogens with two attached hydrogens (primary N) is 1. The van der Waals surface area contributed by atoms with Crippen LogP contribution in [0.25, 0.3) is 11.3 Å². The molecule has 1 heterocycles. The smallest absolute Gasteiger partial charge is 0.180 e. The van der Waals surface area contributed by atoms with E-state index in [-0.39, 0.29) is 0 Å². The van der Waals surface area contributed by atoms with Crippen LogP contribution in [0.5, 0.6) is 0 Å². The zero-order chi connectivity index (χ0) is 19.4. The number of nitrogens with zero attached hydrogens (tertiary/aromatic N) is 2. The molecule has 1 fully saturated rings. The zero-order valence-corrected chi connectivity index (χ0v) is 16.6. The van der Waals surface area contributed by atoms with E-state index in [2.05, 4.69) is 21.8 Å². The van der Waals surface area contributed by atoms with E-state index in [0.29, 0.717) is 28.0 Å². The molecule has 0 amide bonds. The lowest BCUT2D eigenvalue weighted by molar-refractivity contribution is 0.430. The minimum atomic E-state index is -3.29. The summed E-state index contributed by atoms with van der Waals surface area (Å²) in [5, 5.41) is -0.457. The van der Waals surface area contributed by atoms with Crippen LogP contribution in [0.3, 0.4) is 0 Å². The predicted molar refractivity (Wildman–Crippen MR) is 108 cm³/mol. The molecule has 6 heteroatoms. The third kappa shape index (κ3) is 4.48. The van der Waals surface area contributed by atoms with Crippen molar-refractivity contribution < 1.29 is 8.42 Å². The van der Waals surface area contributed by atoms with Gasteiger partial charge in [-0.1, -0.05) is 37.3 Å². The molecular formula is C21H25N3O2S. The van der Waals surface area contributed by atoms with Crippen LogP contribution in [0.15, 0.2) is 35.4 Å². The summed E-state index contributed by atoms with van der Waals surface area (Å²) < 4.78 is 24.5. The highest BCUT2D eigenvalue weighted by Crippen LogP contribution is 2.24. The van der Waals surface area contributed by atoms with Gasteiger partial charge in [0, 0.05) is 11.5 Å². The third-order valence-electron chi connectivity index (χ3n) is 4.90. The number of hydrogen-bond acceptors (Lipinski definition) is 5. The lowest BCUT2D eigenvalue weighted by Crippen LogP contribution is -2.13. The van der Waals surface area contributed by atoms with Crippen LogP contribution < -0.4 is 5.73 Å². The first-order valence-electron chi connectivity index (χ1n) is 9.36. The topological polar surface area (TPSA) is 85.9 Å². The molecule has 2 N–H and O–H groups in total. The second kappa shape index (κ2) is 8.10. The van der Waals surface area contributed by atoms with Crippen LogP contribution in [0, 0.1) is 17.8 Å². The monoisotopic (exact) mass is 383 g/mol. The molecule has 0 unspecified atom stereocenters. The van der Waals surface area contributed by atoms with E-state index >= 15 is 0 Å². The molecule has 1 aliphatic carbocycles. The Morgan fingerprint density at radius 2 is 1.78 bits per heavy atom. The van der Waals surface area contributed by atoms with E-state index in [1.165, 1.54) is 19.3 Å². The minimum absolute atomic E-state index is 0.307. The fourth-order valence-corrected chi connectivity index (χ4v) is 4.19. The van der Waals surface area contributed by atoms with Crippen molar-refractivity contribution in [2.75, 3.05) is 5.73 Å². The van der Waals surface area contributed by atoms with Crippen LogP contribution in [0.2, 0.25) is 0 Å². The predicted octanol–water partition coefficient (Wildman–Crippen LogP) is 3.84. The average Bonchev–Trinajstić information content (AvgIpc) is 2.68. The average molecular weight is 384 g/mol. The summed E-state index contributed by atoms with van der Waals surface area (Å²) in [4.78, 5) is 9.06. The first-order valence-corrected chi connectivity index (χ1v) is 10.9. The summed E-state index contributed by atoms with van der Waals surface area (Å²) in [5.41, 5.74) is 7.84. The standard InChI is InChI=1S/C21H25N3O2S/c1-15(2)27(25,26)18-11-9-17(10-12-18)20-14-23-21(22)19(24-20)13-8-16-6-4-3-5-7-16/h9-12,14-16H,3-7H2,1-2H3,(H2,22,23). The second-order valence-electron chi connectivity index (χ2n) is 7.21. The molecule has 0 bridgehead atoms. The van der Waals surface area contributed by atoms with Crippen LogP contribution >= 0.6 is 0 Å². The van der Waals surface area contributed by atoms with E-state index in [1.807, 2.05) is 0 Å². The van der Waals surface area contributed by atoms with Gasteiger partial charge in [0.15, 0.2) is 21.3 Å². The van der Waals surface area contributed by atoms with Gasteiger partial charge in [-0.3, -0.25) is 0 Å². The maximum absolute atomic E-state index is 12.3. The Kier molecular flexibility index (Phi) is 5.81. The van der Waals surface area contributed by atoms with Crippen LogP contribution in [-0.4, -0.2) is 23.6 Å². The van der Waals surface area contributed by atoms with Gasteiger partial charge in [0.05, 0.1) is 22.0 Å². The van der Waals surface area contributed by atoms with Gasteiger partial charge in [-0.05, 0) is 44.7 Å². The molecule has 1 saturated carbocycles. The van der Waals surface area contributed by atoms with E-state index in [1.54, 1.807) is 44.3 Å². The van der Waals surface area contributed by atoms with Crippen molar-refractivity contribution in [2.24, 2.45) is 5.92 Å². The number of aromatic nitrogens is 2. The van der Waals surface area contributed by atoms with Gasteiger partial charge in [0.25, 0.3) is 0 Å². The Hall–Kier alpha value is -2.39. The van der Waals surface area contributed by atoms with Gasteiger partial charge in [-0.25, -0.2) is 18.4 Å². The van der Waals surface area contributed by atoms with E-state index in [4.69, 9.17) is 5.73 Å². The SMILES string of the molecule is CC(C)S(=O)(=O)c1ccc(-c2cnc(N)c(C#CC3CCCCC3)n2)cc1. The van der Waals surface area contributed by atoms with E-state index < -0.39 is 15.1 Å². The molecule has 3 rings (SSSR count). The lowest BCUT2D eigenvalue weighted by atomic mass is 9.90. The van der Waals surface area contributed by atoms with Crippen LogP contribution in [0.1, 0.15) is 51.6 Å². The van der Waals surface area contributed by atoms with Crippen molar-refractivity contribution in [3.63, 3.8) is 0 Å². The summed E-state index contributed by atoms with van der Waals surface area (Å²) in [6.07, 6.45) is 7.60. The second-order valence-corrected chi connectivity index (χ2v) is 9.72. The highest BCUT2D eigenvalue weighted by atomic mass is 32.2. The van der Waals surface area contributed by atoms with Crippen molar-refractivity contribution in [1.29, 1.82) is 0 Å². The molecule has 0 aliphatic heterocycles.